The van der Waals surface area contributed by atoms with Gasteiger partial charge in [-0.25, -0.2) is 9.97 Å². The van der Waals surface area contributed by atoms with E-state index in [2.05, 4.69) is 201 Å². The molecular weight excluding hydrogens is 922 g/mol. The van der Waals surface area contributed by atoms with Gasteiger partial charge in [0.1, 0.15) is 171 Å². The van der Waals surface area contributed by atoms with Gasteiger partial charge in [0, 0.05) is 47.0 Å². The molecule has 7 aromatic carbocycles. The lowest BCUT2D eigenvalue weighted by atomic mass is 9.60. The number of aromatic nitrogens is 3. The van der Waals surface area contributed by atoms with E-state index in [0.717, 1.165) is 15.9 Å². The number of fused-ring (bicyclic) bond motifs is 12. The van der Waals surface area contributed by atoms with Crippen molar-refractivity contribution in [2.75, 3.05) is 0 Å². The highest BCUT2D eigenvalue weighted by atomic mass is 32.1. The summed E-state index contributed by atoms with van der Waals surface area (Å²) in [7, 11) is 49.3. The maximum atomic E-state index is 5.29. The smallest absolute Gasteiger partial charge is 0.142 e. The van der Waals surface area contributed by atoms with Gasteiger partial charge in [0.2, 0.25) is 0 Å². The number of nitrogens with zero attached hydrogens (tertiary/aromatic N) is 3. The van der Waals surface area contributed by atoms with Crippen LogP contribution in [0.3, 0.4) is 0 Å². The Bertz CT molecular complexity index is 4590. The fourth-order valence-corrected chi connectivity index (χ4v) is 17.7. The van der Waals surface area contributed by atoms with Crippen molar-refractivity contribution in [3.63, 3.8) is 0 Å². The Labute approximate surface area is 469 Å². The molecule has 0 saturated carbocycles. The molecule has 0 unspecified atom stereocenters. The average Bonchev–Trinajstić information content (AvgIpc) is 4.16. The van der Waals surface area contributed by atoms with Crippen LogP contribution in [0, 0.1) is 0 Å². The zero-order chi connectivity index (χ0) is 54.0. The van der Waals surface area contributed by atoms with Gasteiger partial charge in [0.05, 0.1) is 15.9 Å². The van der Waals surface area contributed by atoms with Crippen molar-refractivity contribution >= 4 is 364 Å². The zero-order valence-corrected chi connectivity index (χ0v) is 50.6. The molecule has 0 radical (unpaired) electrons. The predicted molar refractivity (Wildman–Crippen MR) is 402 cm³/mol. The molecule has 4 heterocycles. The lowest BCUT2D eigenvalue weighted by molar-refractivity contribution is 0.670. The van der Waals surface area contributed by atoms with E-state index in [1.165, 1.54) is 211 Å². The quantitative estimate of drug-likeness (QED) is 0.165. The molecule has 75 heavy (non-hydrogen) atoms. The first-order valence-corrected chi connectivity index (χ1v) is 28.8. The molecule has 338 valence electrons. The summed E-state index contributed by atoms with van der Waals surface area (Å²) >= 11 is 3.85. The first-order chi connectivity index (χ1) is 35.3. The molecule has 12 rings (SSSR count). The molecular formula is C49H52B21N3S2. The third kappa shape index (κ3) is 6.33. The van der Waals surface area contributed by atoms with E-state index < -0.39 is 0 Å². The van der Waals surface area contributed by atoms with Crippen LogP contribution < -0.4 is 115 Å². The molecule has 0 spiro atoms. The minimum absolute atomic E-state index is 0.166. The number of hydrogen-bond acceptors (Lipinski definition) is 4. The van der Waals surface area contributed by atoms with Crippen LogP contribution in [0.25, 0.3) is 101 Å². The number of thiophene rings is 2. The minimum atomic E-state index is -0.166. The van der Waals surface area contributed by atoms with E-state index in [0.29, 0.717) is 0 Å². The van der Waals surface area contributed by atoms with Gasteiger partial charge >= 0.3 is 0 Å². The van der Waals surface area contributed by atoms with Gasteiger partial charge in [0.15, 0.2) is 0 Å². The molecule has 0 amide bonds. The third-order valence-corrected chi connectivity index (χ3v) is 23.0. The van der Waals surface area contributed by atoms with Gasteiger partial charge in [-0.05, 0) is 73.3 Å². The molecule has 0 aliphatic heterocycles. The summed E-state index contributed by atoms with van der Waals surface area (Å²) < 4.78 is 7.86. The SMILES string of the molecule is Bc1c(B)c(-c2ncnc3c2sc2ccc(-n4c5c(B)c(B)c(B)c(B)c5c5c(B)c6c(c(B)c54)C(C)(C)c4c(B)c(B)c(B)c(B)c4-6)cc23)c(B)c(-c2c(B)c(B)c(B)c3c2sc2c(B)c(B)c(B)c(B)c23)c1B. The normalized spacial score (nSPS) is 13.1. The third-order valence-electron chi connectivity index (χ3n) is 20.5. The van der Waals surface area contributed by atoms with Crippen LogP contribution >= 0.6 is 22.7 Å². The van der Waals surface area contributed by atoms with E-state index in [9.17, 15) is 0 Å². The van der Waals surface area contributed by atoms with E-state index in [1.54, 1.807) is 0 Å². The fraction of sp³-hybridized carbons (Fsp3) is 0.0612. The van der Waals surface area contributed by atoms with E-state index >= 15 is 0 Å². The molecule has 0 fully saturated rings. The Morgan fingerprint density at radius 3 is 1.51 bits per heavy atom. The highest BCUT2D eigenvalue weighted by molar-refractivity contribution is 7.28. The second-order valence-corrected chi connectivity index (χ2v) is 25.9. The lowest BCUT2D eigenvalue weighted by Crippen LogP contribution is -2.51. The van der Waals surface area contributed by atoms with Crippen LogP contribution in [0.1, 0.15) is 25.0 Å². The standard InChI is InChI=1S/C49H52B21N3S2/c1-49(2)19-11(23(52)34(63)37(66)30(19)59)10-20(49)31(60)44-13(21(10)50)14-25(54)35(64)38(67)40(69)45(14)73(44)7-3-4-9-8(5-7)42-48(74-9)43(72-6-71-42)18-22(51)12(24(53)32(61)29(18)58)15-26(55)33(62)27(56)16-17-28(57)36(65)39(68)41(70)47(17)75-46(15)16/h3-6H,50-70H2,1-2H3. The maximum Gasteiger partial charge on any atom is 0.142 e. The molecule has 0 saturated heterocycles. The van der Waals surface area contributed by atoms with Crippen LogP contribution in [0.2, 0.25) is 0 Å². The van der Waals surface area contributed by atoms with Gasteiger partial charge in [-0.3, -0.25) is 0 Å². The summed E-state index contributed by atoms with van der Waals surface area (Å²) in [6.07, 6.45) is 1.83. The van der Waals surface area contributed by atoms with Crippen molar-refractivity contribution in [2.45, 2.75) is 19.3 Å². The van der Waals surface area contributed by atoms with Crippen LogP contribution in [-0.2, 0) is 5.41 Å². The molecule has 1 aliphatic rings. The second-order valence-electron chi connectivity index (χ2n) is 23.9. The van der Waals surface area contributed by atoms with Gasteiger partial charge in [-0.2, -0.15) is 0 Å². The van der Waals surface area contributed by atoms with Crippen molar-refractivity contribution in [2.24, 2.45) is 0 Å². The van der Waals surface area contributed by atoms with Crippen LogP contribution in [0.15, 0.2) is 24.5 Å². The number of hydrogen-bond donors (Lipinski definition) is 0. The van der Waals surface area contributed by atoms with Crippen LogP contribution in [0.4, 0.5) is 0 Å². The van der Waals surface area contributed by atoms with Crippen molar-refractivity contribution in [1.82, 2.24) is 14.5 Å². The van der Waals surface area contributed by atoms with E-state index in [-0.39, 0.29) is 5.41 Å². The monoisotopic (exact) mass is 978 g/mol. The molecule has 0 N–H and O–H groups in total. The molecule has 11 aromatic rings. The summed E-state index contributed by atoms with van der Waals surface area (Å²) in [4.78, 5) is 10.5. The topological polar surface area (TPSA) is 30.7 Å². The van der Waals surface area contributed by atoms with Gasteiger partial charge in [-0.1, -0.05) is 90.3 Å². The van der Waals surface area contributed by atoms with Crippen molar-refractivity contribution in [1.29, 1.82) is 0 Å². The molecule has 26 heteroatoms. The Balaban J connectivity index is 1.13. The Hall–Kier alpha value is -4.78. The number of rotatable bonds is 3. The minimum Gasteiger partial charge on any atom is -0.310 e. The van der Waals surface area contributed by atoms with E-state index in [1.807, 2.05) is 29.0 Å². The summed E-state index contributed by atoms with van der Waals surface area (Å²) in [5, 5.41) is 6.82. The van der Waals surface area contributed by atoms with Crippen molar-refractivity contribution < 1.29 is 0 Å². The first-order valence-electron chi connectivity index (χ1n) is 27.2. The molecule has 0 bridgehead atoms. The molecule has 0 atom stereocenters. The predicted octanol–water partition coefficient (Wildman–Crippen LogP) is -22.6. The van der Waals surface area contributed by atoms with Crippen molar-refractivity contribution in [3.8, 4) is 39.2 Å². The number of benzene rings is 7. The average molecular weight is 974 g/mol. The van der Waals surface area contributed by atoms with Gasteiger partial charge in [-0.15, -0.1) is 60.9 Å². The Morgan fingerprint density at radius 2 is 0.840 bits per heavy atom. The molecule has 1 aliphatic carbocycles. The first kappa shape index (κ1) is 51.0. The van der Waals surface area contributed by atoms with Gasteiger partial charge in [0.25, 0.3) is 0 Å². The summed E-state index contributed by atoms with van der Waals surface area (Å²) in [5.74, 6) is 0. The van der Waals surface area contributed by atoms with Gasteiger partial charge < -0.3 is 4.57 Å². The maximum absolute atomic E-state index is 5.29. The van der Waals surface area contributed by atoms with Crippen molar-refractivity contribution in [3.05, 3.63) is 35.7 Å². The summed E-state index contributed by atoms with van der Waals surface area (Å²) in [6.45, 7) is 4.96. The largest absolute Gasteiger partial charge is 0.310 e. The summed E-state index contributed by atoms with van der Waals surface area (Å²) in [6, 6.07) is 7.20. The summed E-state index contributed by atoms with van der Waals surface area (Å²) in [5.41, 5.74) is 44.6. The fourth-order valence-electron chi connectivity index (χ4n) is 15.0. The molecule has 3 nitrogen and oxygen atoms in total. The highest BCUT2D eigenvalue weighted by Gasteiger charge is 2.42. The Kier molecular flexibility index (Phi) is 11.5. The lowest BCUT2D eigenvalue weighted by Gasteiger charge is -2.28. The molecule has 4 aromatic heterocycles. The Morgan fingerprint density at radius 1 is 0.373 bits per heavy atom. The van der Waals surface area contributed by atoms with Crippen LogP contribution in [-0.4, -0.2) is 179 Å². The second kappa shape index (κ2) is 16.9. The van der Waals surface area contributed by atoms with E-state index in [4.69, 9.17) is 9.97 Å². The zero-order valence-electron chi connectivity index (χ0n) is 49.0. The highest BCUT2D eigenvalue weighted by Crippen LogP contribution is 2.47. The van der Waals surface area contributed by atoms with Crippen LogP contribution in [0.5, 0.6) is 0 Å².